The van der Waals surface area contributed by atoms with E-state index in [0.717, 1.165) is 69.9 Å². The van der Waals surface area contributed by atoms with Gasteiger partial charge in [0.15, 0.2) is 0 Å². The van der Waals surface area contributed by atoms with E-state index in [2.05, 4.69) is 33.3 Å². The third kappa shape index (κ3) is 4.45. The SMILES string of the molecule is O=C(NCCN1CCN(CCc2coc3ccccc23)CC1)N1CCc2ccccc21. The molecule has 2 aliphatic heterocycles. The van der Waals surface area contributed by atoms with Crippen molar-refractivity contribution in [3.8, 4) is 0 Å². The standard InChI is InChI=1S/C25H30N4O2/c30-25(29-13-10-20-5-1-3-7-23(20)29)26-11-14-28-17-15-27(16-18-28)12-9-21-19-31-24-8-4-2-6-22(21)24/h1-8,19H,9-18H2,(H,26,30). The Hall–Kier alpha value is -2.83. The van der Waals surface area contributed by atoms with Crippen LogP contribution < -0.4 is 10.2 Å². The molecule has 31 heavy (non-hydrogen) atoms. The Balaban J connectivity index is 1.02. The van der Waals surface area contributed by atoms with Crippen molar-refractivity contribution in [3.05, 3.63) is 65.9 Å². The van der Waals surface area contributed by atoms with Crippen molar-refractivity contribution in [1.82, 2.24) is 15.1 Å². The molecular weight excluding hydrogens is 388 g/mol. The highest BCUT2D eigenvalue weighted by atomic mass is 16.3. The topological polar surface area (TPSA) is 52.0 Å². The molecule has 2 amide bonds. The smallest absolute Gasteiger partial charge is 0.321 e. The summed E-state index contributed by atoms with van der Waals surface area (Å²) < 4.78 is 5.66. The number of carbonyl (C=O) groups is 1. The van der Waals surface area contributed by atoms with Gasteiger partial charge in [-0.25, -0.2) is 4.79 Å². The average Bonchev–Trinajstić information content (AvgIpc) is 3.43. The largest absolute Gasteiger partial charge is 0.464 e. The minimum absolute atomic E-state index is 0.0240. The summed E-state index contributed by atoms with van der Waals surface area (Å²) in [5, 5.41) is 4.34. The minimum Gasteiger partial charge on any atom is -0.464 e. The van der Waals surface area contributed by atoms with Crippen LogP contribution in [0.1, 0.15) is 11.1 Å². The van der Waals surface area contributed by atoms with E-state index in [0.29, 0.717) is 6.54 Å². The van der Waals surface area contributed by atoms with E-state index >= 15 is 0 Å². The van der Waals surface area contributed by atoms with Gasteiger partial charge < -0.3 is 14.6 Å². The number of piperazine rings is 1. The molecule has 1 N–H and O–H groups in total. The quantitative estimate of drug-likeness (QED) is 0.667. The number of rotatable bonds is 6. The number of nitrogens with one attached hydrogen (secondary N) is 1. The van der Waals surface area contributed by atoms with Gasteiger partial charge in [-0.3, -0.25) is 9.80 Å². The number of hydrogen-bond acceptors (Lipinski definition) is 4. The van der Waals surface area contributed by atoms with Crippen molar-refractivity contribution < 1.29 is 9.21 Å². The summed E-state index contributed by atoms with van der Waals surface area (Å²) in [6.07, 6.45) is 3.87. The summed E-state index contributed by atoms with van der Waals surface area (Å²) in [6, 6.07) is 16.5. The van der Waals surface area contributed by atoms with Gasteiger partial charge in [0.2, 0.25) is 0 Å². The number of carbonyl (C=O) groups excluding carboxylic acids is 1. The fourth-order valence-corrected chi connectivity index (χ4v) is 4.71. The van der Waals surface area contributed by atoms with Crippen LogP contribution in [-0.4, -0.2) is 68.2 Å². The fraction of sp³-hybridized carbons (Fsp3) is 0.400. The van der Waals surface area contributed by atoms with Crippen LogP contribution >= 0.6 is 0 Å². The lowest BCUT2D eigenvalue weighted by atomic mass is 10.1. The molecule has 0 aliphatic carbocycles. The zero-order chi connectivity index (χ0) is 21.0. The summed E-state index contributed by atoms with van der Waals surface area (Å²) >= 11 is 0. The van der Waals surface area contributed by atoms with Crippen molar-refractivity contribution in [1.29, 1.82) is 0 Å². The highest BCUT2D eigenvalue weighted by molar-refractivity contribution is 5.94. The molecule has 0 atom stereocenters. The van der Waals surface area contributed by atoms with Gasteiger partial charge in [-0.2, -0.15) is 0 Å². The molecule has 3 aromatic rings. The number of para-hydroxylation sites is 2. The van der Waals surface area contributed by atoms with Crippen LogP contribution in [-0.2, 0) is 12.8 Å². The molecule has 2 aromatic carbocycles. The van der Waals surface area contributed by atoms with Crippen LogP contribution in [0.4, 0.5) is 10.5 Å². The van der Waals surface area contributed by atoms with E-state index in [4.69, 9.17) is 4.42 Å². The summed E-state index contributed by atoms with van der Waals surface area (Å²) in [4.78, 5) is 19.4. The number of anilines is 1. The summed E-state index contributed by atoms with van der Waals surface area (Å²) in [5.74, 6) is 0. The third-order valence-corrected chi connectivity index (χ3v) is 6.56. The third-order valence-electron chi connectivity index (χ3n) is 6.56. The van der Waals surface area contributed by atoms with E-state index in [1.807, 2.05) is 41.5 Å². The molecule has 6 heteroatoms. The normalized spacial score (nSPS) is 17.2. The van der Waals surface area contributed by atoms with Crippen LogP contribution in [0.3, 0.4) is 0 Å². The second-order valence-electron chi connectivity index (χ2n) is 8.45. The number of furan rings is 1. The molecular formula is C25H30N4O2. The van der Waals surface area contributed by atoms with Crippen molar-refractivity contribution >= 4 is 22.7 Å². The first-order chi connectivity index (χ1) is 15.3. The lowest BCUT2D eigenvalue weighted by Gasteiger charge is -2.34. The Morgan fingerprint density at radius 3 is 2.52 bits per heavy atom. The lowest BCUT2D eigenvalue weighted by molar-refractivity contribution is 0.134. The molecule has 0 radical (unpaired) electrons. The molecule has 1 fully saturated rings. The molecule has 0 spiro atoms. The number of benzene rings is 2. The highest BCUT2D eigenvalue weighted by Gasteiger charge is 2.24. The zero-order valence-electron chi connectivity index (χ0n) is 17.9. The van der Waals surface area contributed by atoms with Crippen molar-refractivity contribution in [3.63, 3.8) is 0 Å². The van der Waals surface area contributed by atoms with Crippen LogP contribution in [0, 0.1) is 0 Å². The Labute approximate surface area is 183 Å². The van der Waals surface area contributed by atoms with Crippen LogP contribution in [0.5, 0.6) is 0 Å². The first-order valence-corrected chi connectivity index (χ1v) is 11.3. The van der Waals surface area contributed by atoms with Crippen LogP contribution in [0.25, 0.3) is 11.0 Å². The van der Waals surface area contributed by atoms with Gasteiger partial charge in [0, 0.05) is 63.4 Å². The van der Waals surface area contributed by atoms with Gasteiger partial charge in [0.25, 0.3) is 0 Å². The Kier molecular flexibility index (Phi) is 5.91. The van der Waals surface area contributed by atoms with Crippen molar-refractivity contribution in [2.75, 3.05) is 57.3 Å². The predicted molar refractivity (Wildman–Crippen MR) is 124 cm³/mol. The second kappa shape index (κ2) is 9.12. The minimum atomic E-state index is 0.0240. The van der Waals surface area contributed by atoms with Gasteiger partial charge >= 0.3 is 6.03 Å². The monoisotopic (exact) mass is 418 g/mol. The molecule has 1 aromatic heterocycles. The molecule has 162 valence electrons. The first-order valence-electron chi connectivity index (χ1n) is 11.3. The maximum Gasteiger partial charge on any atom is 0.321 e. The fourth-order valence-electron chi connectivity index (χ4n) is 4.71. The lowest BCUT2D eigenvalue weighted by Crippen LogP contribution is -2.49. The summed E-state index contributed by atoms with van der Waals surface area (Å²) in [6.45, 7) is 7.67. The molecule has 1 saturated heterocycles. The van der Waals surface area contributed by atoms with Gasteiger partial charge in [-0.05, 0) is 36.1 Å². The molecule has 0 unspecified atom stereocenters. The average molecular weight is 419 g/mol. The van der Waals surface area contributed by atoms with Crippen LogP contribution in [0.15, 0.2) is 59.2 Å². The molecule has 2 aliphatic rings. The van der Waals surface area contributed by atoms with Gasteiger partial charge in [-0.15, -0.1) is 0 Å². The number of amides is 2. The van der Waals surface area contributed by atoms with E-state index in [9.17, 15) is 4.79 Å². The molecule has 5 rings (SSSR count). The maximum atomic E-state index is 12.6. The first kappa shape index (κ1) is 20.1. The van der Waals surface area contributed by atoms with E-state index in [-0.39, 0.29) is 6.03 Å². The van der Waals surface area contributed by atoms with E-state index in [1.165, 1.54) is 16.5 Å². The van der Waals surface area contributed by atoms with Crippen LogP contribution in [0.2, 0.25) is 0 Å². The van der Waals surface area contributed by atoms with Gasteiger partial charge in [-0.1, -0.05) is 36.4 Å². The number of fused-ring (bicyclic) bond motifs is 2. The molecule has 6 nitrogen and oxygen atoms in total. The summed E-state index contributed by atoms with van der Waals surface area (Å²) in [5.41, 5.74) is 4.59. The number of nitrogens with zero attached hydrogens (tertiary/aromatic N) is 3. The Bertz CT molecular complexity index is 1040. The molecule has 3 heterocycles. The number of urea groups is 1. The maximum absolute atomic E-state index is 12.6. The van der Waals surface area contributed by atoms with Gasteiger partial charge in [0.1, 0.15) is 5.58 Å². The van der Waals surface area contributed by atoms with Crippen molar-refractivity contribution in [2.45, 2.75) is 12.8 Å². The molecule has 0 saturated carbocycles. The molecule has 0 bridgehead atoms. The summed E-state index contributed by atoms with van der Waals surface area (Å²) in [7, 11) is 0. The van der Waals surface area contributed by atoms with Gasteiger partial charge in [0.05, 0.1) is 6.26 Å². The predicted octanol–water partition coefficient (Wildman–Crippen LogP) is 3.37. The van der Waals surface area contributed by atoms with E-state index < -0.39 is 0 Å². The highest BCUT2D eigenvalue weighted by Crippen LogP contribution is 2.27. The van der Waals surface area contributed by atoms with Crippen molar-refractivity contribution in [2.24, 2.45) is 0 Å². The Morgan fingerprint density at radius 1 is 0.903 bits per heavy atom. The second-order valence-corrected chi connectivity index (χ2v) is 8.45. The number of hydrogen-bond donors (Lipinski definition) is 1. The van der Waals surface area contributed by atoms with E-state index in [1.54, 1.807) is 0 Å². The Morgan fingerprint density at radius 2 is 1.65 bits per heavy atom. The zero-order valence-corrected chi connectivity index (χ0v) is 17.9.